The summed E-state index contributed by atoms with van der Waals surface area (Å²) in [7, 11) is 1.54. The Bertz CT molecular complexity index is 1050. The standard InChI is InChI=1S/C21H20ClN3O3/c1-27-18-6-12(4-5-23-18)19(26)24-15-10-21(11-15)8-13(9-21)20-25-16-7-14(22)2-3-17(16)28-20/h2-7,13,15H,8-11H2,1H3,(H,24,26). The Kier molecular flexibility index (Phi) is 4.05. The van der Waals surface area contributed by atoms with Crippen molar-refractivity contribution in [3.05, 3.63) is 53.0 Å². The number of aromatic nitrogens is 2. The fraction of sp³-hybridized carbons (Fsp3) is 0.381. The number of oxazole rings is 1. The van der Waals surface area contributed by atoms with E-state index in [1.165, 1.54) is 7.11 Å². The molecular formula is C21H20ClN3O3. The highest BCUT2D eigenvalue weighted by Crippen LogP contribution is 2.61. The van der Waals surface area contributed by atoms with Crippen molar-refractivity contribution in [2.75, 3.05) is 7.11 Å². The molecule has 2 aliphatic rings. The molecule has 2 fully saturated rings. The summed E-state index contributed by atoms with van der Waals surface area (Å²) in [6, 6.07) is 9.09. The SMILES string of the molecule is COc1cc(C(=O)NC2CC3(C2)CC(c2nc4cc(Cl)ccc4o2)C3)ccn1. The van der Waals surface area contributed by atoms with Crippen LogP contribution in [0.1, 0.15) is 47.8 Å². The zero-order chi connectivity index (χ0) is 19.3. The van der Waals surface area contributed by atoms with Crippen molar-refractivity contribution in [3.63, 3.8) is 0 Å². The first-order chi connectivity index (χ1) is 13.5. The molecule has 1 N–H and O–H groups in total. The first-order valence-corrected chi connectivity index (χ1v) is 9.78. The van der Waals surface area contributed by atoms with Crippen LogP contribution in [0.25, 0.3) is 11.1 Å². The number of amides is 1. The van der Waals surface area contributed by atoms with Gasteiger partial charge in [-0.1, -0.05) is 11.6 Å². The van der Waals surface area contributed by atoms with E-state index in [4.69, 9.17) is 20.8 Å². The van der Waals surface area contributed by atoms with E-state index in [9.17, 15) is 4.79 Å². The zero-order valence-electron chi connectivity index (χ0n) is 15.4. The summed E-state index contributed by atoms with van der Waals surface area (Å²) in [4.78, 5) is 21.1. The van der Waals surface area contributed by atoms with E-state index in [0.29, 0.717) is 27.8 Å². The Labute approximate surface area is 167 Å². The molecule has 2 saturated carbocycles. The van der Waals surface area contributed by atoms with Crippen LogP contribution in [0, 0.1) is 5.41 Å². The molecule has 0 radical (unpaired) electrons. The first-order valence-electron chi connectivity index (χ1n) is 9.40. The van der Waals surface area contributed by atoms with E-state index in [1.54, 1.807) is 18.3 Å². The molecule has 2 aromatic heterocycles. The number of halogens is 1. The van der Waals surface area contributed by atoms with Crippen LogP contribution >= 0.6 is 11.6 Å². The van der Waals surface area contributed by atoms with Crippen molar-refractivity contribution in [1.82, 2.24) is 15.3 Å². The van der Waals surface area contributed by atoms with Gasteiger partial charge in [0.2, 0.25) is 5.88 Å². The second-order valence-electron chi connectivity index (χ2n) is 7.93. The smallest absolute Gasteiger partial charge is 0.251 e. The van der Waals surface area contributed by atoms with Crippen LogP contribution < -0.4 is 10.1 Å². The summed E-state index contributed by atoms with van der Waals surface area (Å²) in [5.74, 6) is 1.53. The molecule has 0 aliphatic heterocycles. The van der Waals surface area contributed by atoms with Crippen molar-refractivity contribution in [2.45, 2.75) is 37.6 Å². The molecule has 1 spiro atoms. The quantitative estimate of drug-likeness (QED) is 0.708. The minimum Gasteiger partial charge on any atom is -0.481 e. The molecule has 5 rings (SSSR count). The topological polar surface area (TPSA) is 77.2 Å². The molecule has 0 unspecified atom stereocenters. The summed E-state index contributed by atoms with van der Waals surface area (Å²) in [5.41, 5.74) is 2.49. The molecule has 3 aromatic rings. The second kappa shape index (κ2) is 6.48. The molecule has 6 nitrogen and oxygen atoms in total. The number of rotatable bonds is 4. The van der Waals surface area contributed by atoms with Crippen LogP contribution in [0.4, 0.5) is 0 Å². The highest BCUT2D eigenvalue weighted by atomic mass is 35.5. The average molecular weight is 398 g/mol. The minimum absolute atomic E-state index is 0.0766. The fourth-order valence-corrected chi connectivity index (χ4v) is 4.77. The van der Waals surface area contributed by atoms with Gasteiger partial charge in [-0.2, -0.15) is 0 Å². The van der Waals surface area contributed by atoms with Gasteiger partial charge in [0.25, 0.3) is 5.91 Å². The molecule has 7 heteroatoms. The van der Waals surface area contributed by atoms with Gasteiger partial charge in [-0.3, -0.25) is 4.79 Å². The summed E-state index contributed by atoms with van der Waals surface area (Å²) >= 11 is 6.02. The van der Waals surface area contributed by atoms with Crippen LogP contribution in [0.2, 0.25) is 5.02 Å². The minimum atomic E-state index is -0.0766. The lowest BCUT2D eigenvalue weighted by atomic mass is 9.50. The maximum Gasteiger partial charge on any atom is 0.251 e. The largest absolute Gasteiger partial charge is 0.481 e. The Balaban J connectivity index is 1.17. The summed E-state index contributed by atoms with van der Waals surface area (Å²) in [6.45, 7) is 0. The maximum atomic E-state index is 12.4. The fourth-order valence-electron chi connectivity index (χ4n) is 4.61. The van der Waals surface area contributed by atoms with Crippen LogP contribution in [0.15, 0.2) is 40.9 Å². The number of carbonyl (C=O) groups is 1. The third-order valence-electron chi connectivity index (χ3n) is 5.97. The molecule has 28 heavy (non-hydrogen) atoms. The average Bonchev–Trinajstić information content (AvgIpc) is 3.04. The van der Waals surface area contributed by atoms with Gasteiger partial charge in [-0.25, -0.2) is 9.97 Å². The normalized spacial score (nSPS) is 25.9. The van der Waals surface area contributed by atoms with Gasteiger partial charge < -0.3 is 14.5 Å². The Morgan fingerprint density at radius 1 is 1.25 bits per heavy atom. The van der Waals surface area contributed by atoms with Crippen molar-refractivity contribution >= 4 is 28.6 Å². The van der Waals surface area contributed by atoms with Gasteiger partial charge in [-0.05, 0) is 55.4 Å². The predicted molar refractivity (Wildman–Crippen MR) is 105 cm³/mol. The van der Waals surface area contributed by atoms with E-state index < -0.39 is 0 Å². The third-order valence-corrected chi connectivity index (χ3v) is 6.21. The summed E-state index contributed by atoms with van der Waals surface area (Å²) in [6.07, 6.45) is 5.71. The third kappa shape index (κ3) is 3.02. The van der Waals surface area contributed by atoms with Crippen LogP contribution in [0.3, 0.4) is 0 Å². The lowest BCUT2D eigenvalue weighted by Gasteiger charge is -2.57. The van der Waals surface area contributed by atoms with Gasteiger partial charge in [0.05, 0.1) is 7.11 Å². The van der Waals surface area contributed by atoms with E-state index in [2.05, 4.69) is 15.3 Å². The van der Waals surface area contributed by atoms with Crippen LogP contribution in [0.5, 0.6) is 5.88 Å². The lowest BCUT2D eigenvalue weighted by Crippen LogP contribution is -2.55. The number of benzene rings is 1. The number of hydrogen-bond donors (Lipinski definition) is 1. The lowest BCUT2D eigenvalue weighted by molar-refractivity contribution is -0.0253. The van der Waals surface area contributed by atoms with E-state index in [0.717, 1.165) is 42.7 Å². The van der Waals surface area contributed by atoms with Gasteiger partial charge in [0.15, 0.2) is 11.5 Å². The number of nitrogens with one attached hydrogen (secondary N) is 1. The molecular weight excluding hydrogens is 378 g/mol. The molecule has 1 aromatic carbocycles. The van der Waals surface area contributed by atoms with Crippen LogP contribution in [-0.4, -0.2) is 29.0 Å². The van der Waals surface area contributed by atoms with Gasteiger partial charge >= 0.3 is 0 Å². The summed E-state index contributed by atoms with van der Waals surface area (Å²) < 4.78 is 11.0. The highest BCUT2D eigenvalue weighted by Gasteiger charge is 2.54. The predicted octanol–water partition coefficient (Wildman–Crippen LogP) is 4.34. The number of ether oxygens (including phenoxy) is 1. The Morgan fingerprint density at radius 3 is 2.86 bits per heavy atom. The van der Waals surface area contributed by atoms with E-state index in [1.807, 2.05) is 18.2 Å². The van der Waals surface area contributed by atoms with E-state index >= 15 is 0 Å². The van der Waals surface area contributed by atoms with Gasteiger partial charge in [0, 0.05) is 34.8 Å². The number of carbonyl (C=O) groups excluding carboxylic acids is 1. The number of methoxy groups -OCH3 is 1. The Morgan fingerprint density at radius 2 is 2.07 bits per heavy atom. The zero-order valence-corrected chi connectivity index (χ0v) is 16.2. The molecule has 1 amide bonds. The second-order valence-corrected chi connectivity index (χ2v) is 8.37. The van der Waals surface area contributed by atoms with Gasteiger partial charge in [-0.15, -0.1) is 0 Å². The maximum absolute atomic E-state index is 12.4. The number of pyridine rings is 1. The number of hydrogen-bond acceptors (Lipinski definition) is 5. The molecule has 0 atom stereocenters. The monoisotopic (exact) mass is 397 g/mol. The number of nitrogens with zero attached hydrogens (tertiary/aromatic N) is 2. The molecule has 2 aliphatic carbocycles. The van der Waals surface area contributed by atoms with Crippen molar-refractivity contribution < 1.29 is 13.9 Å². The van der Waals surface area contributed by atoms with Crippen molar-refractivity contribution in [1.29, 1.82) is 0 Å². The summed E-state index contributed by atoms with van der Waals surface area (Å²) in [5, 5.41) is 3.78. The Hall–Kier alpha value is -2.60. The van der Waals surface area contributed by atoms with Crippen molar-refractivity contribution in [3.8, 4) is 5.88 Å². The van der Waals surface area contributed by atoms with Gasteiger partial charge in [0.1, 0.15) is 5.52 Å². The van der Waals surface area contributed by atoms with Crippen LogP contribution in [-0.2, 0) is 0 Å². The number of fused-ring (bicyclic) bond motifs is 1. The highest BCUT2D eigenvalue weighted by molar-refractivity contribution is 6.31. The molecule has 2 heterocycles. The van der Waals surface area contributed by atoms with Crippen molar-refractivity contribution in [2.24, 2.45) is 5.41 Å². The molecule has 144 valence electrons. The molecule has 0 bridgehead atoms. The molecule has 0 saturated heterocycles. The first kappa shape index (κ1) is 17.5. The van der Waals surface area contributed by atoms with E-state index in [-0.39, 0.29) is 11.9 Å².